The third-order valence-electron chi connectivity index (χ3n) is 7.53. The normalized spacial score (nSPS) is 21.7. The van der Waals surface area contributed by atoms with Gasteiger partial charge in [-0.3, -0.25) is 0 Å². The molecule has 34 heavy (non-hydrogen) atoms. The van der Waals surface area contributed by atoms with Gasteiger partial charge in [0, 0.05) is 37.0 Å². The van der Waals surface area contributed by atoms with E-state index >= 15 is 0 Å². The number of halogens is 1. The molecule has 2 aliphatic rings. The Morgan fingerprint density at radius 1 is 1.12 bits per heavy atom. The lowest BCUT2D eigenvalue weighted by molar-refractivity contribution is 0.0402. The first-order chi connectivity index (χ1) is 16.4. The summed E-state index contributed by atoms with van der Waals surface area (Å²) in [6.45, 7) is 7.90. The largest absolute Gasteiger partial charge is 0.476 e. The van der Waals surface area contributed by atoms with Crippen LogP contribution in [0, 0.1) is 11.3 Å². The molecule has 182 valence electrons. The predicted molar refractivity (Wildman–Crippen MR) is 137 cm³/mol. The molecule has 0 radical (unpaired) electrons. The molecule has 0 unspecified atom stereocenters. The summed E-state index contributed by atoms with van der Waals surface area (Å²) in [5, 5.41) is 10.3. The fourth-order valence-electron chi connectivity index (χ4n) is 5.19. The van der Waals surface area contributed by atoms with Crippen LogP contribution in [0.25, 0.3) is 22.3 Å². The number of rotatable bonds is 6. The van der Waals surface area contributed by atoms with Crippen LogP contribution in [-0.4, -0.2) is 54.1 Å². The summed E-state index contributed by atoms with van der Waals surface area (Å²) >= 11 is 6.63. The summed E-state index contributed by atoms with van der Waals surface area (Å²) in [5.74, 6) is 1.28. The SMILES string of the molecule is CC(C)(CO)C1CCC(Oc2cc3nc(-c4ccc(N5CCOCC5)cc4)c(Cl)cc3[nH]2)CC1. The number of anilines is 1. The van der Waals surface area contributed by atoms with E-state index in [1.54, 1.807) is 0 Å². The van der Waals surface area contributed by atoms with Crippen molar-refractivity contribution in [3.8, 4) is 17.1 Å². The van der Waals surface area contributed by atoms with Gasteiger partial charge in [0.15, 0.2) is 5.88 Å². The van der Waals surface area contributed by atoms with Crippen LogP contribution in [0.3, 0.4) is 0 Å². The molecule has 1 aliphatic heterocycles. The lowest BCUT2D eigenvalue weighted by atomic mass is 9.71. The van der Waals surface area contributed by atoms with Gasteiger partial charge < -0.3 is 24.5 Å². The number of ether oxygens (including phenoxy) is 2. The molecular formula is C27H34ClN3O3. The molecule has 0 bridgehead atoms. The van der Waals surface area contributed by atoms with Gasteiger partial charge in [0.2, 0.25) is 0 Å². The maximum Gasteiger partial charge on any atom is 0.193 e. The molecule has 0 atom stereocenters. The second-order valence-corrected chi connectivity index (χ2v) is 10.7. The first kappa shape index (κ1) is 23.5. The molecule has 7 heteroatoms. The van der Waals surface area contributed by atoms with Crippen LogP contribution in [0.1, 0.15) is 39.5 Å². The topological polar surface area (TPSA) is 70.6 Å². The monoisotopic (exact) mass is 483 g/mol. The molecule has 1 saturated heterocycles. The summed E-state index contributed by atoms with van der Waals surface area (Å²) in [5.41, 5.74) is 4.67. The van der Waals surface area contributed by atoms with Gasteiger partial charge in [0.05, 0.1) is 35.0 Å². The fraction of sp³-hybridized carbons (Fsp3) is 0.519. The van der Waals surface area contributed by atoms with Crippen LogP contribution in [0.4, 0.5) is 5.69 Å². The van der Waals surface area contributed by atoms with Gasteiger partial charge in [0.1, 0.15) is 6.10 Å². The molecule has 0 amide bonds. The highest BCUT2D eigenvalue weighted by molar-refractivity contribution is 6.33. The van der Waals surface area contributed by atoms with Crippen molar-refractivity contribution in [2.75, 3.05) is 37.8 Å². The number of fused-ring (bicyclic) bond motifs is 1. The van der Waals surface area contributed by atoms with Crippen molar-refractivity contribution >= 4 is 28.3 Å². The van der Waals surface area contributed by atoms with E-state index in [0.29, 0.717) is 10.9 Å². The average molecular weight is 484 g/mol. The second-order valence-electron chi connectivity index (χ2n) is 10.3. The third kappa shape index (κ3) is 4.90. The first-order valence-electron chi connectivity index (χ1n) is 12.3. The van der Waals surface area contributed by atoms with Crippen molar-refractivity contribution in [2.24, 2.45) is 11.3 Å². The second kappa shape index (κ2) is 9.76. The van der Waals surface area contributed by atoms with E-state index in [1.807, 2.05) is 12.1 Å². The molecule has 1 aromatic carbocycles. The zero-order valence-electron chi connectivity index (χ0n) is 20.0. The van der Waals surface area contributed by atoms with Gasteiger partial charge in [0.25, 0.3) is 0 Å². The average Bonchev–Trinajstić information content (AvgIpc) is 3.25. The highest BCUT2D eigenvalue weighted by Crippen LogP contribution is 2.39. The molecule has 0 spiro atoms. The fourth-order valence-corrected chi connectivity index (χ4v) is 5.46. The molecule has 5 rings (SSSR count). The summed E-state index contributed by atoms with van der Waals surface area (Å²) < 4.78 is 11.7. The zero-order valence-corrected chi connectivity index (χ0v) is 20.8. The van der Waals surface area contributed by atoms with E-state index < -0.39 is 0 Å². The zero-order chi connectivity index (χ0) is 23.7. The summed E-state index contributed by atoms with van der Waals surface area (Å²) in [7, 11) is 0. The number of aliphatic hydroxyl groups excluding tert-OH is 1. The van der Waals surface area contributed by atoms with Crippen LogP contribution in [-0.2, 0) is 4.74 Å². The Hall–Kier alpha value is -2.28. The van der Waals surface area contributed by atoms with E-state index in [1.165, 1.54) is 5.69 Å². The van der Waals surface area contributed by atoms with E-state index in [0.717, 1.165) is 80.2 Å². The Balaban J connectivity index is 1.28. The number of hydrogen-bond donors (Lipinski definition) is 2. The smallest absolute Gasteiger partial charge is 0.193 e. The molecule has 2 aromatic heterocycles. The van der Waals surface area contributed by atoms with E-state index in [4.69, 9.17) is 26.1 Å². The lowest BCUT2D eigenvalue weighted by Gasteiger charge is -2.37. The Kier molecular flexibility index (Phi) is 6.74. The molecular weight excluding hydrogens is 450 g/mol. The molecule has 3 heterocycles. The highest BCUT2D eigenvalue weighted by atomic mass is 35.5. The molecule has 6 nitrogen and oxygen atoms in total. The number of aliphatic hydroxyl groups is 1. The highest BCUT2D eigenvalue weighted by Gasteiger charge is 2.33. The quantitative estimate of drug-likeness (QED) is 0.472. The molecule has 3 aromatic rings. The Labute approximate surface area is 206 Å². The number of H-pyrrole nitrogens is 1. The minimum atomic E-state index is -0.0243. The number of nitrogens with one attached hydrogen (secondary N) is 1. The van der Waals surface area contributed by atoms with E-state index in [2.05, 4.69) is 48.0 Å². The Bertz CT molecular complexity index is 1110. The molecule has 2 N–H and O–H groups in total. The maximum atomic E-state index is 9.67. The minimum absolute atomic E-state index is 0.0243. The van der Waals surface area contributed by atoms with Crippen molar-refractivity contribution in [1.82, 2.24) is 9.97 Å². The van der Waals surface area contributed by atoms with Gasteiger partial charge in [-0.2, -0.15) is 0 Å². The maximum absolute atomic E-state index is 9.67. The standard InChI is InChI=1S/C27H34ClN3O3/c1-27(2,17-32)19-5-9-21(10-6-19)34-25-16-24-23(29-25)15-22(28)26(30-24)18-3-7-20(8-4-18)31-11-13-33-14-12-31/h3-4,7-8,15-16,19,21,29,32H,5-6,9-14,17H2,1-2H3. The minimum Gasteiger partial charge on any atom is -0.476 e. The van der Waals surface area contributed by atoms with Crippen LogP contribution in [0.5, 0.6) is 5.88 Å². The Morgan fingerprint density at radius 3 is 2.50 bits per heavy atom. The van der Waals surface area contributed by atoms with Crippen molar-refractivity contribution in [3.05, 3.63) is 41.4 Å². The van der Waals surface area contributed by atoms with Gasteiger partial charge >= 0.3 is 0 Å². The number of morpholine rings is 1. The van der Waals surface area contributed by atoms with E-state index in [9.17, 15) is 5.11 Å². The summed E-state index contributed by atoms with van der Waals surface area (Å²) in [6, 6.07) is 12.3. The molecule has 2 fully saturated rings. The molecule has 1 aliphatic carbocycles. The number of benzene rings is 1. The number of nitrogens with zero attached hydrogens (tertiary/aromatic N) is 2. The van der Waals surface area contributed by atoms with Crippen molar-refractivity contribution < 1.29 is 14.6 Å². The van der Waals surface area contributed by atoms with Crippen molar-refractivity contribution in [1.29, 1.82) is 0 Å². The van der Waals surface area contributed by atoms with Crippen LogP contribution >= 0.6 is 11.6 Å². The number of hydrogen-bond acceptors (Lipinski definition) is 5. The molecule has 1 saturated carbocycles. The first-order valence-corrected chi connectivity index (χ1v) is 12.7. The van der Waals surface area contributed by atoms with Crippen LogP contribution < -0.4 is 9.64 Å². The van der Waals surface area contributed by atoms with Crippen LogP contribution in [0.15, 0.2) is 36.4 Å². The Morgan fingerprint density at radius 2 is 1.82 bits per heavy atom. The van der Waals surface area contributed by atoms with E-state index in [-0.39, 0.29) is 18.1 Å². The summed E-state index contributed by atoms with van der Waals surface area (Å²) in [6.07, 6.45) is 4.33. The van der Waals surface area contributed by atoms with Gasteiger partial charge in [-0.05, 0) is 55.2 Å². The third-order valence-corrected chi connectivity index (χ3v) is 7.82. The lowest BCUT2D eigenvalue weighted by Crippen LogP contribution is -2.36. The predicted octanol–water partition coefficient (Wildman–Crippen LogP) is 5.68. The van der Waals surface area contributed by atoms with Crippen molar-refractivity contribution in [3.63, 3.8) is 0 Å². The number of pyridine rings is 1. The van der Waals surface area contributed by atoms with Crippen LogP contribution in [0.2, 0.25) is 5.02 Å². The van der Waals surface area contributed by atoms with Gasteiger partial charge in [-0.1, -0.05) is 37.6 Å². The number of aromatic nitrogens is 2. The van der Waals surface area contributed by atoms with Gasteiger partial charge in [-0.15, -0.1) is 0 Å². The van der Waals surface area contributed by atoms with Crippen molar-refractivity contribution in [2.45, 2.75) is 45.6 Å². The summed E-state index contributed by atoms with van der Waals surface area (Å²) in [4.78, 5) is 10.5. The number of aromatic amines is 1. The van der Waals surface area contributed by atoms with Gasteiger partial charge in [-0.25, -0.2) is 4.98 Å².